The predicted octanol–water partition coefficient (Wildman–Crippen LogP) is 2.91. The molecule has 1 heterocycles. The second-order valence-electron chi connectivity index (χ2n) is 6.20. The predicted molar refractivity (Wildman–Crippen MR) is 87.0 cm³/mol. The van der Waals surface area contributed by atoms with Gasteiger partial charge in [0.2, 0.25) is 0 Å². The lowest BCUT2D eigenvalue weighted by Crippen LogP contribution is -2.35. The maximum absolute atomic E-state index is 12.1. The van der Waals surface area contributed by atoms with Gasteiger partial charge in [0.25, 0.3) is 5.56 Å². The highest BCUT2D eigenvalue weighted by molar-refractivity contribution is 6.32. The van der Waals surface area contributed by atoms with Gasteiger partial charge in [0, 0.05) is 13.1 Å². The van der Waals surface area contributed by atoms with E-state index in [0.29, 0.717) is 31.1 Å². The fourth-order valence-corrected chi connectivity index (χ4v) is 2.51. The minimum Gasteiger partial charge on any atom is -0.388 e. The second kappa shape index (κ2) is 7.80. The fourth-order valence-electron chi connectivity index (χ4n) is 2.29. The first-order valence-electron chi connectivity index (χ1n) is 7.48. The van der Waals surface area contributed by atoms with Crippen LogP contribution in [0.1, 0.15) is 47.0 Å². The lowest BCUT2D eigenvalue weighted by molar-refractivity contribution is 0.0515. The number of aryl methyl sites for hydroxylation is 1. The molecule has 1 aromatic rings. The molecule has 1 atom stereocenters. The summed E-state index contributed by atoms with van der Waals surface area (Å²) < 4.78 is 1.38. The van der Waals surface area contributed by atoms with E-state index in [1.165, 1.54) is 4.68 Å². The van der Waals surface area contributed by atoms with Crippen molar-refractivity contribution in [2.75, 3.05) is 11.9 Å². The third-order valence-electron chi connectivity index (χ3n) is 3.22. The van der Waals surface area contributed by atoms with Gasteiger partial charge in [-0.25, -0.2) is 4.68 Å². The molecular formula is C15H26ClN3O2. The van der Waals surface area contributed by atoms with Crippen LogP contribution >= 0.6 is 11.6 Å². The number of hydrogen-bond acceptors (Lipinski definition) is 4. The monoisotopic (exact) mass is 315 g/mol. The largest absolute Gasteiger partial charge is 0.388 e. The van der Waals surface area contributed by atoms with Crippen molar-refractivity contribution in [1.82, 2.24) is 9.78 Å². The molecule has 0 saturated heterocycles. The number of halogens is 1. The van der Waals surface area contributed by atoms with Crippen molar-refractivity contribution in [3.8, 4) is 0 Å². The van der Waals surface area contributed by atoms with Crippen LogP contribution in [0.5, 0.6) is 0 Å². The van der Waals surface area contributed by atoms with Crippen LogP contribution in [0.2, 0.25) is 5.02 Å². The highest BCUT2D eigenvalue weighted by Crippen LogP contribution is 2.20. The Kier molecular flexibility index (Phi) is 6.68. The molecule has 120 valence electrons. The number of hydrogen-bond donors (Lipinski definition) is 2. The maximum Gasteiger partial charge on any atom is 0.287 e. The van der Waals surface area contributed by atoms with E-state index < -0.39 is 5.60 Å². The summed E-state index contributed by atoms with van der Waals surface area (Å²) in [4.78, 5) is 12.1. The van der Waals surface area contributed by atoms with Crippen molar-refractivity contribution in [2.24, 2.45) is 5.92 Å². The molecule has 1 aromatic heterocycles. The van der Waals surface area contributed by atoms with Crippen LogP contribution in [0.15, 0.2) is 11.0 Å². The third kappa shape index (κ3) is 5.67. The van der Waals surface area contributed by atoms with Crippen molar-refractivity contribution in [3.05, 3.63) is 21.6 Å². The highest BCUT2D eigenvalue weighted by Gasteiger charge is 2.22. The first kappa shape index (κ1) is 18.0. The van der Waals surface area contributed by atoms with E-state index >= 15 is 0 Å². The first-order valence-corrected chi connectivity index (χ1v) is 7.86. The summed E-state index contributed by atoms with van der Waals surface area (Å²) in [6, 6.07) is 0. The molecular weight excluding hydrogens is 290 g/mol. The zero-order valence-electron chi connectivity index (χ0n) is 13.3. The van der Waals surface area contributed by atoms with Gasteiger partial charge in [-0.3, -0.25) is 4.79 Å². The number of rotatable bonds is 8. The molecule has 0 bridgehead atoms. The molecule has 0 fully saturated rings. The summed E-state index contributed by atoms with van der Waals surface area (Å²) in [7, 11) is 0. The van der Waals surface area contributed by atoms with Crippen molar-refractivity contribution in [3.63, 3.8) is 0 Å². The number of nitrogens with zero attached hydrogens (tertiary/aromatic N) is 2. The number of aliphatic hydroxyl groups is 1. The number of aromatic nitrogens is 2. The van der Waals surface area contributed by atoms with Crippen molar-refractivity contribution in [2.45, 2.75) is 59.1 Å². The van der Waals surface area contributed by atoms with Gasteiger partial charge < -0.3 is 10.4 Å². The van der Waals surface area contributed by atoms with Crippen LogP contribution in [-0.2, 0) is 6.54 Å². The Bertz CT molecular complexity index is 512. The molecule has 0 aliphatic rings. The van der Waals surface area contributed by atoms with Crippen molar-refractivity contribution >= 4 is 17.3 Å². The van der Waals surface area contributed by atoms with Crippen LogP contribution in [0.4, 0.5) is 5.69 Å². The van der Waals surface area contributed by atoms with Gasteiger partial charge in [-0.2, -0.15) is 5.10 Å². The molecule has 2 N–H and O–H groups in total. The maximum atomic E-state index is 12.1. The summed E-state index contributed by atoms with van der Waals surface area (Å²) in [5.41, 5.74) is -0.675. The highest BCUT2D eigenvalue weighted by atomic mass is 35.5. The van der Waals surface area contributed by atoms with E-state index in [1.807, 2.05) is 0 Å². The van der Waals surface area contributed by atoms with E-state index in [4.69, 9.17) is 11.6 Å². The molecule has 0 amide bonds. The van der Waals surface area contributed by atoms with Crippen molar-refractivity contribution < 1.29 is 5.11 Å². The lowest BCUT2D eigenvalue weighted by Gasteiger charge is -2.26. The van der Waals surface area contributed by atoms with Gasteiger partial charge >= 0.3 is 0 Å². The standard InChI is InChI=1S/C15H26ClN3O2/c1-5-6-7-19-14(20)13(16)12(9-18-19)17-10-15(4,21)8-11(2)3/h9,11,17,21H,5-8,10H2,1-4H3. The molecule has 0 saturated carbocycles. The quantitative estimate of drug-likeness (QED) is 0.774. The zero-order chi connectivity index (χ0) is 16.0. The van der Waals surface area contributed by atoms with Gasteiger partial charge in [-0.1, -0.05) is 38.8 Å². The Morgan fingerprint density at radius 1 is 1.52 bits per heavy atom. The van der Waals surface area contributed by atoms with Gasteiger partial charge in [0.05, 0.1) is 17.5 Å². The zero-order valence-corrected chi connectivity index (χ0v) is 14.1. The first-order chi connectivity index (χ1) is 9.76. The number of unbranched alkanes of at least 4 members (excludes halogenated alkanes) is 1. The molecule has 1 rings (SSSR count). The summed E-state index contributed by atoms with van der Waals surface area (Å²) in [5.74, 6) is 0.387. The molecule has 0 radical (unpaired) electrons. The molecule has 0 aliphatic heterocycles. The molecule has 5 nitrogen and oxygen atoms in total. The fraction of sp³-hybridized carbons (Fsp3) is 0.733. The number of anilines is 1. The molecule has 1 unspecified atom stereocenters. The normalized spacial score (nSPS) is 14.2. The Hall–Kier alpha value is -1.07. The van der Waals surface area contributed by atoms with Crippen LogP contribution in [-0.4, -0.2) is 27.0 Å². The summed E-state index contributed by atoms with van der Waals surface area (Å²) in [6.45, 7) is 8.82. The summed E-state index contributed by atoms with van der Waals surface area (Å²) in [6.07, 6.45) is 4.09. The molecule has 0 aliphatic carbocycles. The van der Waals surface area contributed by atoms with E-state index in [-0.39, 0.29) is 10.6 Å². The van der Waals surface area contributed by atoms with Crippen LogP contribution in [0.25, 0.3) is 0 Å². The molecule has 21 heavy (non-hydrogen) atoms. The Balaban J connectivity index is 2.77. The Morgan fingerprint density at radius 3 is 2.76 bits per heavy atom. The van der Waals surface area contributed by atoms with Gasteiger partial charge in [0.1, 0.15) is 5.02 Å². The smallest absolute Gasteiger partial charge is 0.287 e. The number of nitrogens with one attached hydrogen (secondary N) is 1. The average Bonchev–Trinajstić information content (AvgIpc) is 2.38. The van der Waals surface area contributed by atoms with Crippen LogP contribution in [0.3, 0.4) is 0 Å². The Morgan fingerprint density at radius 2 is 2.19 bits per heavy atom. The summed E-state index contributed by atoms with van der Waals surface area (Å²) in [5, 5.41) is 17.5. The van der Waals surface area contributed by atoms with Gasteiger partial charge in [-0.15, -0.1) is 0 Å². The minimum absolute atomic E-state index is 0.126. The minimum atomic E-state index is -0.853. The van der Waals surface area contributed by atoms with Gasteiger partial charge in [0.15, 0.2) is 0 Å². The third-order valence-corrected chi connectivity index (χ3v) is 3.58. The average molecular weight is 316 g/mol. The lowest BCUT2D eigenvalue weighted by atomic mass is 9.94. The second-order valence-corrected chi connectivity index (χ2v) is 6.58. The van der Waals surface area contributed by atoms with Crippen LogP contribution < -0.4 is 10.9 Å². The summed E-state index contributed by atoms with van der Waals surface area (Å²) >= 11 is 6.09. The van der Waals surface area contributed by atoms with E-state index in [1.54, 1.807) is 13.1 Å². The molecule has 6 heteroatoms. The molecule has 0 aromatic carbocycles. The van der Waals surface area contributed by atoms with E-state index in [0.717, 1.165) is 12.8 Å². The van der Waals surface area contributed by atoms with E-state index in [9.17, 15) is 9.90 Å². The molecule has 0 spiro atoms. The SMILES string of the molecule is CCCCn1ncc(NCC(C)(O)CC(C)C)c(Cl)c1=O. The Labute approximate surface area is 131 Å². The van der Waals surface area contributed by atoms with Crippen LogP contribution in [0, 0.1) is 5.92 Å². The topological polar surface area (TPSA) is 67.2 Å². The van der Waals surface area contributed by atoms with E-state index in [2.05, 4.69) is 31.2 Å². The van der Waals surface area contributed by atoms with Gasteiger partial charge in [-0.05, 0) is 25.7 Å². The van der Waals surface area contributed by atoms with Crippen molar-refractivity contribution in [1.29, 1.82) is 0 Å².